The van der Waals surface area contributed by atoms with E-state index in [0.29, 0.717) is 24.0 Å². The summed E-state index contributed by atoms with van der Waals surface area (Å²) >= 11 is 0. The first-order valence-corrected chi connectivity index (χ1v) is 8.98. The highest BCUT2D eigenvalue weighted by Gasteiger charge is 2.28. The number of aromatic nitrogens is 4. The van der Waals surface area contributed by atoms with Crippen molar-refractivity contribution in [3.63, 3.8) is 0 Å². The van der Waals surface area contributed by atoms with Crippen LogP contribution in [0.2, 0.25) is 0 Å². The molecule has 0 aromatic carbocycles. The summed E-state index contributed by atoms with van der Waals surface area (Å²) in [7, 11) is 1.96. The van der Waals surface area contributed by atoms with Gasteiger partial charge in [-0.2, -0.15) is 10.4 Å². The molecular weight excluding hydrogens is 346 g/mol. The van der Waals surface area contributed by atoms with Gasteiger partial charge < -0.3 is 15.4 Å². The standard InChI is InChI=1S/C14H14N6O2.C4H11N/c15-5-10-6-17-14(7-16-10)18-13-4-12(19-20-13)9-1-2-11(3-9)22-8-21;1-3-4-5-2/h4,6-9,11H,1-3H2,(H2,17,18,19,20);5H,3-4H2,1-2H3. The van der Waals surface area contributed by atoms with E-state index in [9.17, 15) is 4.79 Å². The molecule has 2 aromatic rings. The lowest BCUT2D eigenvalue weighted by Crippen LogP contribution is -2.06. The highest BCUT2D eigenvalue weighted by atomic mass is 16.5. The van der Waals surface area contributed by atoms with Gasteiger partial charge in [-0.1, -0.05) is 6.92 Å². The maximum absolute atomic E-state index is 10.4. The molecule has 0 aliphatic heterocycles. The lowest BCUT2D eigenvalue weighted by atomic mass is 10.0. The fraction of sp³-hybridized carbons (Fsp3) is 0.500. The minimum atomic E-state index is -0.00778. The molecule has 0 radical (unpaired) electrons. The molecule has 9 heteroatoms. The second kappa shape index (κ2) is 10.9. The number of carbonyl (C=O) groups is 1. The van der Waals surface area contributed by atoms with Crippen molar-refractivity contribution < 1.29 is 9.53 Å². The van der Waals surface area contributed by atoms with Crippen molar-refractivity contribution >= 4 is 18.1 Å². The molecule has 3 N–H and O–H groups in total. The van der Waals surface area contributed by atoms with E-state index in [1.54, 1.807) is 0 Å². The number of rotatable bonds is 7. The summed E-state index contributed by atoms with van der Waals surface area (Å²) in [6.07, 6.45) is 6.73. The maximum atomic E-state index is 10.4. The minimum Gasteiger partial charge on any atom is -0.465 e. The van der Waals surface area contributed by atoms with E-state index in [1.165, 1.54) is 18.8 Å². The van der Waals surface area contributed by atoms with Crippen molar-refractivity contribution in [1.82, 2.24) is 25.5 Å². The number of anilines is 2. The van der Waals surface area contributed by atoms with Crippen LogP contribution < -0.4 is 10.6 Å². The van der Waals surface area contributed by atoms with Crippen molar-refractivity contribution in [2.75, 3.05) is 18.9 Å². The molecule has 27 heavy (non-hydrogen) atoms. The third-order valence-electron chi connectivity index (χ3n) is 4.19. The molecule has 1 aliphatic rings. The van der Waals surface area contributed by atoms with Gasteiger partial charge in [-0.25, -0.2) is 9.97 Å². The molecule has 0 bridgehead atoms. The minimum absolute atomic E-state index is 0.00778. The lowest BCUT2D eigenvalue weighted by Gasteiger charge is -2.07. The SMILES string of the molecule is CCCNC.N#Cc1cnc(Nc2cc(C3CCC(OC=O)C3)[nH]n2)cn1. The fourth-order valence-electron chi connectivity index (χ4n) is 2.87. The Bertz CT molecular complexity index is 737. The lowest BCUT2D eigenvalue weighted by molar-refractivity contribution is -0.133. The van der Waals surface area contributed by atoms with Crippen LogP contribution in [0.4, 0.5) is 11.6 Å². The number of nitrogens with zero attached hydrogens (tertiary/aromatic N) is 4. The molecule has 0 saturated heterocycles. The largest absolute Gasteiger partial charge is 0.465 e. The topological polar surface area (TPSA) is 129 Å². The van der Waals surface area contributed by atoms with Crippen LogP contribution in [-0.4, -0.2) is 46.3 Å². The summed E-state index contributed by atoms with van der Waals surface area (Å²) in [5.74, 6) is 1.46. The van der Waals surface area contributed by atoms with Gasteiger partial charge in [0.05, 0.1) is 12.4 Å². The van der Waals surface area contributed by atoms with Gasteiger partial charge in [0.1, 0.15) is 18.0 Å². The molecule has 2 unspecified atom stereocenters. The van der Waals surface area contributed by atoms with Crippen LogP contribution in [0, 0.1) is 11.3 Å². The van der Waals surface area contributed by atoms with Crippen LogP contribution in [0.25, 0.3) is 0 Å². The Morgan fingerprint density at radius 1 is 1.37 bits per heavy atom. The van der Waals surface area contributed by atoms with Gasteiger partial charge in [-0.05, 0) is 39.3 Å². The summed E-state index contributed by atoms with van der Waals surface area (Å²) < 4.78 is 5.00. The smallest absolute Gasteiger partial charge is 0.293 e. The highest BCUT2D eigenvalue weighted by Crippen LogP contribution is 2.35. The van der Waals surface area contributed by atoms with Crippen molar-refractivity contribution in [3.05, 3.63) is 29.8 Å². The van der Waals surface area contributed by atoms with Crippen molar-refractivity contribution in [3.8, 4) is 6.07 Å². The van der Waals surface area contributed by atoms with Crippen LogP contribution in [0.3, 0.4) is 0 Å². The molecule has 1 fully saturated rings. The molecule has 1 saturated carbocycles. The molecule has 0 spiro atoms. The van der Waals surface area contributed by atoms with Crippen molar-refractivity contribution in [2.45, 2.75) is 44.6 Å². The predicted octanol–water partition coefficient (Wildman–Crippen LogP) is 2.24. The normalized spacial score (nSPS) is 18.1. The van der Waals surface area contributed by atoms with Gasteiger partial charge in [0.15, 0.2) is 11.5 Å². The molecule has 1 aliphatic carbocycles. The summed E-state index contributed by atoms with van der Waals surface area (Å²) in [6.45, 7) is 3.80. The first-order valence-electron chi connectivity index (χ1n) is 8.98. The Hall–Kier alpha value is -2.99. The molecule has 144 valence electrons. The first-order chi connectivity index (χ1) is 13.2. The van der Waals surface area contributed by atoms with E-state index < -0.39 is 0 Å². The molecule has 2 heterocycles. The van der Waals surface area contributed by atoms with Crippen LogP contribution in [0.5, 0.6) is 0 Å². The van der Waals surface area contributed by atoms with Gasteiger partial charge >= 0.3 is 0 Å². The maximum Gasteiger partial charge on any atom is 0.293 e. The zero-order valence-corrected chi connectivity index (χ0v) is 15.6. The summed E-state index contributed by atoms with van der Waals surface area (Å²) in [4.78, 5) is 18.4. The number of hydrogen-bond acceptors (Lipinski definition) is 8. The Morgan fingerprint density at radius 2 is 2.22 bits per heavy atom. The zero-order chi connectivity index (χ0) is 19.5. The third-order valence-corrected chi connectivity index (χ3v) is 4.19. The molecular formula is C18H25N7O2. The number of H-pyrrole nitrogens is 1. The summed E-state index contributed by atoms with van der Waals surface area (Å²) in [5.41, 5.74) is 1.27. The van der Waals surface area contributed by atoms with Crippen molar-refractivity contribution in [2.24, 2.45) is 0 Å². The number of nitrogens with one attached hydrogen (secondary N) is 3. The molecule has 0 amide bonds. The first kappa shape index (κ1) is 20.3. The van der Waals surface area contributed by atoms with E-state index in [-0.39, 0.29) is 11.8 Å². The van der Waals surface area contributed by atoms with E-state index >= 15 is 0 Å². The number of ether oxygens (including phenoxy) is 1. The van der Waals surface area contributed by atoms with Gasteiger partial charge in [-0.3, -0.25) is 9.89 Å². The van der Waals surface area contributed by atoms with E-state index in [1.807, 2.05) is 19.2 Å². The highest BCUT2D eigenvalue weighted by molar-refractivity contribution is 5.51. The molecule has 3 rings (SSSR count). The van der Waals surface area contributed by atoms with E-state index in [4.69, 9.17) is 10.00 Å². The van der Waals surface area contributed by atoms with Crippen LogP contribution in [0.1, 0.15) is 49.9 Å². The van der Waals surface area contributed by atoms with Gasteiger partial charge in [0, 0.05) is 17.7 Å². The number of nitriles is 1. The third kappa shape index (κ3) is 6.34. The van der Waals surface area contributed by atoms with Crippen molar-refractivity contribution in [1.29, 1.82) is 5.26 Å². The van der Waals surface area contributed by atoms with Crippen LogP contribution in [-0.2, 0) is 9.53 Å². The zero-order valence-electron chi connectivity index (χ0n) is 15.6. The average molecular weight is 371 g/mol. The van der Waals surface area contributed by atoms with Gasteiger partial charge in [0.25, 0.3) is 6.47 Å². The van der Waals surface area contributed by atoms with Gasteiger partial charge in [0.2, 0.25) is 0 Å². The van der Waals surface area contributed by atoms with Gasteiger partial charge in [-0.15, -0.1) is 0 Å². The second-order valence-electron chi connectivity index (χ2n) is 6.20. The number of aromatic amines is 1. The fourth-order valence-corrected chi connectivity index (χ4v) is 2.87. The number of hydrogen-bond donors (Lipinski definition) is 3. The molecule has 2 atom stereocenters. The number of carbonyl (C=O) groups excluding carboxylic acids is 1. The summed E-state index contributed by atoms with van der Waals surface area (Å²) in [5, 5.41) is 21.9. The predicted molar refractivity (Wildman–Crippen MR) is 100 cm³/mol. The summed E-state index contributed by atoms with van der Waals surface area (Å²) in [6, 6.07) is 3.82. The van der Waals surface area contributed by atoms with E-state index in [2.05, 4.69) is 37.7 Å². The van der Waals surface area contributed by atoms with E-state index in [0.717, 1.165) is 31.5 Å². The van der Waals surface area contributed by atoms with Crippen LogP contribution >= 0.6 is 0 Å². The Kier molecular flexibility index (Phi) is 8.19. The average Bonchev–Trinajstić information content (AvgIpc) is 3.33. The Morgan fingerprint density at radius 3 is 2.81 bits per heavy atom. The monoisotopic (exact) mass is 371 g/mol. The molecule has 2 aromatic heterocycles. The molecule has 9 nitrogen and oxygen atoms in total. The van der Waals surface area contributed by atoms with Crippen LogP contribution in [0.15, 0.2) is 18.5 Å². The quantitative estimate of drug-likeness (QED) is 0.632. The Balaban J connectivity index is 0.000000465. The Labute approximate surface area is 158 Å². The second-order valence-corrected chi connectivity index (χ2v) is 6.20.